The fourth-order valence-corrected chi connectivity index (χ4v) is 6.24. The first-order chi connectivity index (χ1) is 16.1. The highest BCUT2D eigenvalue weighted by molar-refractivity contribution is 5.97. The van der Waals surface area contributed by atoms with Crippen molar-refractivity contribution in [3.63, 3.8) is 0 Å². The van der Waals surface area contributed by atoms with Gasteiger partial charge in [-0.3, -0.25) is 4.79 Å². The highest BCUT2D eigenvalue weighted by Crippen LogP contribution is 2.32. The Kier molecular flexibility index (Phi) is 8.45. The second-order valence-corrected chi connectivity index (χ2v) is 10.5. The highest BCUT2D eigenvalue weighted by atomic mass is 16.3. The van der Waals surface area contributed by atoms with E-state index in [-0.39, 0.29) is 18.6 Å². The molecule has 1 aromatic heterocycles. The van der Waals surface area contributed by atoms with Crippen molar-refractivity contribution in [3.05, 3.63) is 29.6 Å². The third-order valence-corrected chi connectivity index (χ3v) is 8.18. The van der Waals surface area contributed by atoms with Gasteiger partial charge in [-0.2, -0.15) is 0 Å². The molecule has 4 rings (SSSR count). The SMILES string of the molecule is CCC(CC)n1c(CC2CCCC2)nc2cc(C(=O)NC(CO)CC3CCCCC3)ccc21. The van der Waals surface area contributed by atoms with Crippen LogP contribution < -0.4 is 5.32 Å². The number of aliphatic hydroxyl groups excluding tert-OH is 1. The minimum atomic E-state index is -0.170. The van der Waals surface area contributed by atoms with Crippen LogP contribution >= 0.6 is 0 Å². The zero-order valence-electron chi connectivity index (χ0n) is 20.7. The molecular weight excluding hydrogens is 410 g/mol. The van der Waals surface area contributed by atoms with Crippen LogP contribution in [-0.4, -0.2) is 33.2 Å². The molecule has 2 aliphatic rings. The van der Waals surface area contributed by atoms with Gasteiger partial charge in [-0.05, 0) is 49.3 Å². The molecule has 182 valence electrons. The average Bonchev–Trinajstić information content (AvgIpc) is 3.48. The maximum absolute atomic E-state index is 13.1. The molecule has 1 unspecified atom stereocenters. The normalized spacial score (nSPS) is 18.9. The smallest absolute Gasteiger partial charge is 0.251 e. The van der Waals surface area contributed by atoms with Gasteiger partial charge in [0.25, 0.3) is 5.91 Å². The van der Waals surface area contributed by atoms with E-state index in [4.69, 9.17) is 4.98 Å². The van der Waals surface area contributed by atoms with Crippen LogP contribution in [0.4, 0.5) is 0 Å². The zero-order valence-corrected chi connectivity index (χ0v) is 20.7. The summed E-state index contributed by atoms with van der Waals surface area (Å²) in [4.78, 5) is 18.1. The maximum atomic E-state index is 13.1. The van der Waals surface area contributed by atoms with Gasteiger partial charge in [0.2, 0.25) is 0 Å². The lowest BCUT2D eigenvalue weighted by atomic mass is 9.85. The van der Waals surface area contributed by atoms with Crippen molar-refractivity contribution in [3.8, 4) is 0 Å². The number of aliphatic hydroxyl groups is 1. The molecule has 2 aliphatic carbocycles. The molecule has 5 nitrogen and oxygen atoms in total. The largest absolute Gasteiger partial charge is 0.394 e. The van der Waals surface area contributed by atoms with E-state index in [0.717, 1.165) is 42.6 Å². The molecule has 2 N–H and O–H groups in total. The van der Waals surface area contributed by atoms with Crippen molar-refractivity contribution in [2.24, 2.45) is 11.8 Å². The van der Waals surface area contributed by atoms with Gasteiger partial charge in [0.05, 0.1) is 23.7 Å². The van der Waals surface area contributed by atoms with Crippen molar-refractivity contribution in [1.82, 2.24) is 14.9 Å². The summed E-state index contributed by atoms with van der Waals surface area (Å²) in [6, 6.07) is 6.25. The van der Waals surface area contributed by atoms with E-state index in [9.17, 15) is 9.90 Å². The van der Waals surface area contributed by atoms with Crippen LogP contribution in [0, 0.1) is 11.8 Å². The summed E-state index contributed by atoms with van der Waals surface area (Å²) in [5, 5.41) is 13.0. The third-order valence-electron chi connectivity index (χ3n) is 8.18. The summed E-state index contributed by atoms with van der Waals surface area (Å²) in [5.41, 5.74) is 2.72. The lowest BCUT2D eigenvalue weighted by Gasteiger charge is -2.26. The number of hydrogen-bond acceptors (Lipinski definition) is 3. The van der Waals surface area contributed by atoms with Crippen LogP contribution in [0.3, 0.4) is 0 Å². The van der Waals surface area contributed by atoms with Crippen LogP contribution in [0.1, 0.15) is 113 Å². The number of carbonyl (C=O) groups is 1. The predicted molar refractivity (Wildman–Crippen MR) is 135 cm³/mol. The number of carbonyl (C=O) groups excluding carboxylic acids is 1. The summed E-state index contributed by atoms with van der Waals surface area (Å²) in [6.45, 7) is 4.50. The fraction of sp³-hybridized carbons (Fsp3) is 0.714. The summed E-state index contributed by atoms with van der Waals surface area (Å²) in [5.74, 6) is 2.45. The Hall–Kier alpha value is -1.88. The molecule has 5 heteroatoms. The van der Waals surface area contributed by atoms with E-state index in [2.05, 4.69) is 29.8 Å². The lowest BCUT2D eigenvalue weighted by Crippen LogP contribution is -2.39. The van der Waals surface area contributed by atoms with Crippen molar-refractivity contribution >= 4 is 16.9 Å². The molecule has 2 saturated carbocycles. The van der Waals surface area contributed by atoms with Crippen LogP contribution in [-0.2, 0) is 6.42 Å². The second-order valence-electron chi connectivity index (χ2n) is 10.5. The Morgan fingerprint density at radius 1 is 1.06 bits per heavy atom. The Bertz CT molecular complexity index is 905. The van der Waals surface area contributed by atoms with E-state index in [1.165, 1.54) is 63.6 Å². The molecule has 1 atom stereocenters. The van der Waals surface area contributed by atoms with Gasteiger partial charge in [-0.1, -0.05) is 71.6 Å². The highest BCUT2D eigenvalue weighted by Gasteiger charge is 2.24. The van der Waals surface area contributed by atoms with Gasteiger partial charge in [0.15, 0.2) is 0 Å². The second kappa shape index (κ2) is 11.5. The number of amides is 1. The molecule has 0 bridgehead atoms. The molecule has 0 saturated heterocycles. The average molecular weight is 454 g/mol. The molecule has 1 heterocycles. The Balaban J connectivity index is 1.54. The Morgan fingerprint density at radius 3 is 2.39 bits per heavy atom. The quantitative estimate of drug-likeness (QED) is 0.451. The molecule has 2 aromatic rings. The molecule has 33 heavy (non-hydrogen) atoms. The van der Waals surface area contributed by atoms with Crippen molar-refractivity contribution in [2.45, 2.75) is 109 Å². The van der Waals surface area contributed by atoms with Crippen molar-refractivity contribution in [2.75, 3.05) is 6.61 Å². The number of imidazole rings is 1. The van der Waals surface area contributed by atoms with Gasteiger partial charge < -0.3 is 15.0 Å². The summed E-state index contributed by atoms with van der Waals surface area (Å²) in [7, 11) is 0. The van der Waals surface area contributed by atoms with Crippen molar-refractivity contribution in [1.29, 1.82) is 0 Å². The van der Waals surface area contributed by atoms with E-state index >= 15 is 0 Å². The molecule has 1 aromatic carbocycles. The first kappa shape index (κ1) is 24.3. The number of hydrogen-bond donors (Lipinski definition) is 2. The van der Waals surface area contributed by atoms with Gasteiger partial charge in [0, 0.05) is 18.0 Å². The Morgan fingerprint density at radius 2 is 1.73 bits per heavy atom. The predicted octanol–water partition coefficient (Wildman–Crippen LogP) is 6.19. The van der Waals surface area contributed by atoms with Crippen LogP contribution in [0.15, 0.2) is 18.2 Å². The molecule has 1 amide bonds. The third kappa shape index (κ3) is 5.79. The molecule has 2 fully saturated rings. The summed E-state index contributed by atoms with van der Waals surface area (Å²) >= 11 is 0. The topological polar surface area (TPSA) is 67.2 Å². The van der Waals surface area contributed by atoms with E-state index in [0.29, 0.717) is 17.5 Å². The van der Waals surface area contributed by atoms with Gasteiger partial charge in [-0.25, -0.2) is 4.98 Å². The van der Waals surface area contributed by atoms with Crippen LogP contribution in [0.5, 0.6) is 0 Å². The summed E-state index contributed by atoms with van der Waals surface area (Å²) in [6.07, 6.45) is 15.7. The van der Waals surface area contributed by atoms with E-state index in [1.807, 2.05) is 12.1 Å². The van der Waals surface area contributed by atoms with Crippen LogP contribution in [0.2, 0.25) is 0 Å². The monoisotopic (exact) mass is 453 g/mol. The maximum Gasteiger partial charge on any atom is 0.251 e. The molecule has 0 spiro atoms. The first-order valence-electron chi connectivity index (χ1n) is 13.5. The van der Waals surface area contributed by atoms with Crippen LogP contribution in [0.25, 0.3) is 11.0 Å². The molecule has 0 aliphatic heterocycles. The number of fused-ring (bicyclic) bond motifs is 1. The fourth-order valence-electron chi connectivity index (χ4n) is 6.24. The minimum absolute atomic E-state index is 0.000667. The van der Waals surface area contributed by atoms with E-state index in [1.54, 1.807) is 0 Å². The zero-order chi connectivity index (χ0) is 23.2. The number of rotatable bonds is 10. The van der Waals surface area contributed by atoms with Gasteiger partial charge >= 0.3 is 0 Å². The standard InChI is InChI=1S/C28H43N3O2/c1-3-24(4-2)31-26-15-14-22(18-25(26)30-27(31)17-21-12-8-9-13-21)28(33)29-23(19-32)16-20-10-6-5-7-11-20/h14-15,18,20-21,23-24,32H,3-13,16-17,19H2,1-2H3,(H,29,33). The first-order valence-corrected chi connectivity index (χ1v) is 13.5. The number of nitrogens with one attached hydrogen (secondary N) is 1. The minimum Gasteiger partial charge on any atom is -0.394 e. The molecule has 0 radical (unpaired) electrons. The summed E-state index contributed by atoms with van der Waals surface area (Å²) < 4.78 is 2.45. The number of aromatic nitrogens is 2. The lowest BCUT2D eigenvalue weighted by molar-refractivity contribution is 0.0902. The Labute approximate surface area is 199 Å². The molecular formula is C28H43N3O2. The number of nitrogens with zero attached hydrogens (tertiary/aromatic N) is 2. The van der Waals surface area contributed by atoms with Gasteiger partial charge in [-0.15, -0.1) is 0 Å². The van der Waals surface area contributed by atoms with Crippen molar-refractivity contribution < 1.29 is 9.90 Å². The van der Waals surface area contributed by atoms with E-state index < -0.39 is 0 Å². The number of benzene rings is 1. The van der Waals surface area contributed by atoms with Gasteiger partial charge in [0.1, 0.15) is 5.82 Å².